The zero-order valence-corrected chi connectivity index (χ0v) is 13.7. The Hall–Kier alpha value is -0.480. The Bertz CT molecular complexity index is 462. The average molecular weight is 338 g/mol. The summed E-state index contributed by atoms with van der Waals surface area (Å²) in [5.41, 5.74) is 0.830. The second-order valence-electron chi connectivity index (χ2n) is 4.90. The van der Waals surface area contributed by atoms with Crippen molar-refractivity contribution >= 4 is 41.5 Å². The number of carbonyl (C=O) groups excluding carboxylic acids is 1. The maximum atomic E-state index is 12.3. The van der Waals surface area contributed by atoms with Crippen molar-refractivity contribution in [1.29, 1.82) is 0 Å². The Morgan fingerprint density at radius 1 is 1.35 bits per heavy atom. The van der Waals surface area contributed by atoms with Gasteiger partial charge in [-0.25, -0.2) is 0 Å². The van der Waals surface area contributed by atoms with Crippen molar-refractivity contribution in [2.24, 2.45) is 0 Å². The fraction of sp³-hybridized carbons (Fsp3) is 0.500. The van der Waals surface area contributed by atoms with Crippen LogP contribution in [0.5, 0.6) is 0 Å². The SMILES string of the molecule is CN(C(=O)Cc1ccc(Cl)cc1Cl)C1CCNCC1.Cl. The lowest BCUT2D eigenvalue weighted by Gasteiger charge is -2.31. The third-order valence-corrected chi connectivity index (χ3v) is 4.19. The van der Waals surface area contributed by atoms with Crippen molar-refractivity contribution in [3.05, 3.63) is 33.8 Å². The van der Waals surface area contributed by atoms with E-state index in [9.17, 15) is 4.79 Å². The van der Waals surface area contributed by atoms with Crippen LogP contribution in [0.2, 0.25) is 10.0 Å². The van der Waals surface area contributed by atoms with Gasteiger partial charge in [0.1, 0.15) is 0 Å². The summed E-state index contributed by atoms with van der Waals surface area (Å²) in [6, 6.07) is 5.59. The van der Waals surface area contributed by atoms with Gasteiger partial charge in [-0.15, -0.1) is 12.4 Å². The Balaban J connectivity index is 0.00000200. The van der Waals surface area contributed by atoms with Gasteiger partial charge in [0.2, 0.25) is 5.91 Å². The molecule has 1 saturated heterocycles. The molecule has 0 spiro atoms. The van der Waals surface area contributed by atoms with Gasteiger partial charge in [-0.2, -0.15) is 0 Å². The molecule has 6 heteroatoms. The highest BCUT2D eigenvalue weighted by molar-refractivity contribution is 6.35. The molecule has 1 aliphatic heterocycles. The van der Waals surface area contributed by atoms with Crippen LogP contribution >= 0.6 is 35.6 Å². The number of piperidine rings is 1. The van der Waals surface area contributed by atoms with Gasteiger partial charge in [0.05, 0.1) is 6.42 Å². The molecule has 112 valence electrons. The quantitative estimate of drug-likeness (QED) is 0.919. The first-order valence-corrected chi connectivity index (χ1v) is 7.24. The Kier molecular flexibility index (Phi) is 7.10. The Morgan fingerprint density at radius 2 is 2.00 bits per heavy atom. The van der Waals surface area contributed by atoms with Gasteiger partial charge in [0.25, 0.3) is 0 Å². The first-order valence-electron chi connectivity index (χ1n) is 6.48. The summed E-state index contributed by atoms with van der Waals surface area (Å²) in [7, 11) is 1.88. The van der Waals surface area contributed by atoms with Crippen molar-refractivity contribution in [1.82, 2.24) is 10.2 Å². The van der Waals surface area contributed by atoms with E-state index in [-0.39, 0.29) is 18.3 Å². The molecule has 1 heterocycles. The van der Waals surface area contributed by atoms with E-state index >= 15 is 0 Å². The number of likely N-dealkylation sites (N-methyl/N-ethyl adjacent to an activating group) is 1. The summed E-state index contributed by atoms with van der Waals surface area (Å²) in [4.78, 5) is 14.1. The van der Waals surface area contributed by atoms with Crippen LogP contribution in [0.1, 0.15) is 18.4 Å². The first kappa shape index (κ1) is 17.6. The van der Waals surface area contributed by atoms with E-state index in [0.717, 1.165) is 31.5 Å². The van der Waals surface area contributed by atoms with Crippen LogP contribution in [0.4, 0.5) is 0 Å². The molecule has 1 aromatic rings. The van der Waals surface area contributed by atoms with E-state index in [1.165, 1.54) is 0 Å². The van der Waals surface area contributed by atoms with E-state index in [4.69, 9.17) is 23.2 Å². The number of benzene rings is 1. The summed E-state index contributed by atoms with van der Waals surface area (Å²) >= 11 is 11.9. The molecule has 1 aromatic carbocycles. The maximum absolute atomic E-state index is 12.3. The van der Waals surface area contributed by atoms with Crippen LogP contribution in [-0.4, -0.2) is 37.0 Å². The predicted octanol–water partition coefficient (Wildman–Crippen LogP) is 3.17. The van der Waals surface area contributed by atoms with Gasteiger partial charge >= 0.3 is 0 Å². The number of halogens is 3. The number of carbonyl (C=O) groups is 1. The van der Waals surface area contributed by atoms with Gasteiger partial charge in [-0.05, 0) is 43.6 Å². The number of hydrogen-bond acceptors (Lipinski definition) is 2. The minimum Gasteiger partial charge on any atom is -0.342 e. The molecule has 0 radical (unpaired) electrons. The van der Waals surface area contributed by atoms with E-state index in [1.54, 1.807) is 12.1 Å². The zero-order chi connectivity index (χ0) is 13.8. The maximum Gasteiger partial charge on any atom is 0.227 e. The molecule has 1 fully saturated rings. The summed E-state index contributed by atoms with van der Waals surface area (Å²) < 4.78 is 0. The normalized spacial score (nSPS) is 15.6. The minimum absolute atomic E-state index is 0. The highest BCUT2D eigenvalue weighted by atomic mass is 35.5. The number of nitrogens with one attached hydrogen (secondary N) is 1. The second kappa shape index (κ2) is 8.08. The lowest BCUT2D eigenvalue weighted by atomic mass is 10.0. The molecule has 20 heavy (non-hydrogen) atoms. The fourth-order valence-corrected chi connectivity index (χ4v) is 2.83. The van der Waals surface area contributed by atoms with E-state index < -0.39 is 0 Å². The molecule has 2 rings (SSSR count). The summed E-state index contributed by atoms with van der Waals surface area (Å²) in [6.45, 7) is 1.95. The molecule has 0 atom stereocenters. The van der Waals surface area contributed by atoms with Gasteiger partial charge < -0.3 is 10.2 Å². The average Bonchev–Trinajstić information content (AvgIpc) is 2.42. The van der Waals surface area contributed by atoms with Gasteiger partial charge in [-0.1, -0.05) is 29.3 Å². The van der Waals surface area contributed by atoms with Crippen molar-refractivity contribution in [3.8, 4) is 0 Å². The number of hydrogen-bond donors (Lipinski definition) is 1. The highest BCUT2D eigenvalue weighted by Crippen LogP contribution is 2.22. The van der Waals surface area contributed by atoms with Crippen molar-refractivity contribution in [3.63, 3.8) is 0 Å². The number of amides is 1. The standard InChI is InChI=1S/C14H18Cl2N2O.ClH/c1-18(12-4-6-17-7-5-12)14(19)8-10-2-3-11(15)9-13(10)16;/h2-3,9,12,17H,4-8H2,1H3;1H. The van der Waals surface area contributed by atoms with Crippen LogP contribution in [0.15, 0.2) is 18.2 Å². The zero-order valence-electron chi connectivity index (χ0n) is 11.4. The van der Waals surface area contributed by atoms with Crippen molar-refractivity contribution in [2.45, 2.75) is 25.3 Å². The first-order chi connectivity index (χ1) is 9.08. The highest BCUT2D eigenvalue weighted by Gasteiger charge is 2.22. The lowest BCUT2D eigenvalue weighted by Crippen LogP contribution is -2.44. The molecular weight excluding hydrogens is 319 g/mol. The smallest absolute Gasteiger partial charge is 0.227 e. The topological polar surface area (TPSA) is 32.3 Å². The monoisotopic (exact) mass is 336 g/mol. The van der Waals surface area contributed by atoms with Gasteiger partial charge in [0.15, 0.2) is 0 Å². The molecule has 3 nitrogen and oxygen atoms in total. The summed E-state index contributed by atoms with van der Waals surface area (Å²) in [5, 5.41) is 4.45. The number of rotatable bonds is 3. The third kappa shape index (κ3) is 4.52. The molecular formula is C14H19Cl3N2O. The summed E-state index contributed by atoms with van der Waals surface area (Å²) in [6.07, 6.45) is 2.35. The van der Waals surface area contributed by atoms with E-state index in [1.807, 2.05) is 18.0 Å². The van der Waals surface area contributed by atoms with Crippen molar-refractivity contribution in [2.75, 3.05) is 20.1 Å². The van der Waals surface area contributed by atoms with Crippen LogP contribution in [0.25, 0.3) is 0 Å². The molecule has 1 aliphatic rings. The molecule has 1 amide bonds. The molecule has 0 aromatic heterocycles. The Morgan fingerprint density at radius 3 is 2.60 bits per heavy atom. The molecule has 0 saturated carbocycles. The van der Waals surface area contributed by atoms with Crippen LogP contribution in [-0.2, 0) is 11.2 Å². The largest absolute Gasteiger partial charge is 0.342 e. The van der Waals surface area contributed by atoms with Crippen LogP contribution < -0.4 is 5.32 Å². The van der Waals surface area contributed by atoms with Crippen LogP contribution in [0, 0.1) is 0 Å². The van der Waals surface area contributed by atoms with Gasteiger partial charge in [-0.3, -0.25) is 4.79 Å². The fourth-order valence-electron chi connectivity index (χ4n) is 2.35. The lowest BCUT2D eigenvalue weighted by molar-refractivity contribution is -0.131. The van der Waals surface area contributed by atoms with Gasteiger partial charge in [0, 0.05) is 23.1 Å². The summed E-state index contributed by atoms with van der Waals surface area (Å²) in [5.74, 6) is 0.108. The minimum atomic E-state index is 0. The third-order valence-electron chi connectivity index (χ3n) is 3.61. The van der Waals surface area contributed by atoms with Crippen LogP contribution in [0.3, 0.4) is 0 Å². The Labute approximate surface area is 136 Å². The number of nitrogens with zero attached hydrogens (tertiary/aromatic N) is 1. The van der Waals surface area contributed by atoms with E-state index in [2.05, 4.69) is 5.32 Å². The van der Waals surface area contributed by atoms with E-state index in [0.29, 0.717) is 22.5 Å². The molecule has 0 unspecified atom stereocenters. The predicted molar refractivity (Wildman–Crippen MR) is 86.1 cm³/mol. The molecule has 0 bridgehead atoms. The second-order valence-corrected chi connectivity index (χ2v) is 5.74. The molecule has 1 N–H and O–H groups in total. The molecule has 0 aliphatic carbocycles. The van der Waals surface area contributed by atoms with Crippen molar-refractivity contribution < 1.29 is 4.79 Å².